The summed E-state index contributed by atoms with van der Waals surface area (Å²) in [5.41, 5.74) is 0.918. The fourth-order valence-electron chi connectivity index (χ4n) is 7.31. The summed E-state index contributed by atoms with van der Waals surface area (Å²) >= 11 is 0. The van der Waals surface area contributed by atoms with Crippen molar-refractivity contribution in [3.8, 4) is 0 Å². The van der Waals surface area contributed by atoms with Gasteiger partial charge in [0.05, 0.1) is 6.10 Å². The van der Waals surface area contributed by atoms with Crippen molar-refractivity contribution in [2.75, 3.05) is 0 Å². The molecule has 1 spiro atoms. The fraction of sp³-hybridized carbons (Fsp3) is 1.00. The highest BCUT2D eigenvalue weighted by Gasteiger charge is 2.77. The number of fused-ring (bicyclic) bond motifs is 3. The lowest BCUT2D eigenvalue weighted by Crippen LogP contribution is -2.65. The van der Waals surface area contributed by atoms with E-state index in [1.807, 2.05) is 0 Å². The summed E-state index contributed by atoms with van der Waals surface area (Å²) in [5.74, 6) is 1.59. The van der Waals surface area contributed by atoms with Crippen molar-refractivity contribution in [2.24, 2.45) is 28.1 Å². The van der Waals surface area contributed by atoms with E-state index in [2.05, 4.69) is 41.5 Å². The standard InChI is InChI=1S/C18H30O2/c1-11-19-14-12-9-13-7-8-15(2,3)18(13,10-12)16(4,5)17(14,6)20-11/h11-14H,7-10H2,1-6H3. The maximum Gasteiger partial charge on any atom is 0.156 e. The van der Waals surface area contributed by atoms with Gasteiger partial charge in [0.1, 0.15) is 5.60 Å². The van der Waals surface area contributed by atoms with Crippen LogP contribution in [0.5, 0.6) is 0 Å². The van der Waals surface area contributed by atoms with E-state index in [-0.39, 0.29) is 17.3 Å². The highest BCUT2D eigenvalue weighted by molar-refractivity contribution is 5.25. The van der Waals surface area contributed by atoms with Gasteiger partial charge in [0.2, 0.25) is 0 Å². The summed E-state index contributed by atoms with van der Waals surface area (Å²) in [7, 11) is 0. The Morgan fingerprint density at radius 3 is 2.45 bits per heavy atom. The number of hydrogen-bond acceptors (Lipinski definition) is 2. The summed E-state index contributed by atoms with van der Waals surface area (Å²) in [6.45, 7) is 14.4. The molecule has 2 nitrogen and oxygen atoms in total. The minimum absolute atomic E-state index is 0.0389. The summed E-state index contributed by atoms with van der Waals surface area (Å²) < 4.78 is 12.7. The van der Waals surface area contributed by atoms with Crippen molar-refractivity contribution in [1.82, 2.24) is 0 Å². The van der Waals surface area contributed by atoms with E-state index in [9.17, 15) is 0 Å². The predicted molar refractivity (Wildman–Crippen MR) is 79.3 cm³/mol. The van der Waals surface area contributed by atoms with Crippen LogP contribution < -0.4 is 0 Å². The van der Waals surface area contributed by atoms with Crippen LogP contribution in [-0.2, 0) is 9.47 Å². The van der Waals surface area contributed by atoms with E-state index < -0.39 is 0 Å². The Morgan fingerprint density at radius 1 is 1.05 bits per heavy atom. The molecule has 0 radical (unpaired) electrons. The minimum atomic E-state index is -0.119. The van der Waals surface area contributed by atoms with Crippen molar-refractivity contribution in [3.05, 3.63) is 0 Å². The van der Waals surface area contributed by atoms with Gasteiger partial charge in [-0.3, -0.25) is 0 Å². The number of rotatable bonds is 0. The normalized spacial score (nSPS) is 58.5. The second-order valence-electron chi connectivity index (χ2n) is 9.26. The van der Waals surface area contributed by atoms with Gasteiger partial charge in [-0.1, -0.05) is 27.7 Å². The average Bonchev–Trinajstić information content (AvgIpc) is 2.91. The molecule has 114 valence electrons. The van der Waals surface area contributed by atoms with Gasteiger partial charge in [0.25, 0.3) is 0 Å². The number of hydrogen-bond donors (Lipinski definition) is 0. The molecule has 4 aliphatic rings. The average molecular weight is 278 g/mol. The van der Waals surface area contributed by atoms with Gasteiger partial charge in [0.15, 0.2) is 6.29 Å². The molecule has 1 saturated heterocycles. The molecule has 2 bridgehead atoms. The third kappa shape index (κ3) is 1.15. The molecular weight excluding hydrogens is 248 g/mol. The van der Waals surface area contributed by atoms with Crippen LogP contribution >= 0.6 is 0 Å². The zero-order valence-corrected chi connectivity index (χ0v) is 14.0. The Bertz CT molecular complexity index is 454. The Hall–Kier alpha value is -0.0800. The van der Waals surface area contributed by atoms with Gasteiger partial charge in [-0.25, -0.2) is 0 Å². The van der Waals surface area contributed by atoms with Crippen molar-refractivity contribution in [1.29, 1.82) is 0 Å². The Kier molecular flexibility index (Phi) is 2.35. The molecular formula is C18H30O2. The van der Waals surface area contributed by atoms with Crippen molar-refractivity contribution < 1.29 is 9.47 Å². The van der Waals surface area contributed by atoms with E-state index in [0.29, 0.717) is 22.9 Å². The first-order valence-corrected chi connectivity index (χ1v) is 8.49. The molecule has 0 amide bonds. The van der Waals surface area contributed by atoms with Crippen LogP contribution in [-0.4, -0.2) is 18.0 Å². The molecule has 20 heavy (non-hydrogen) atoms. The second-order valence-corrected chi connectivity index (χ2v) is 9.26. The molecule has 0 aromatic heterocycles. The highest BCUT2D eigenvalue weighted by atomic mass is 16.7. The summed E-state index contributed by atoms with van der Waals surface area (Å²) in [5, 5.41) is 0. The maximum absolute atomic E-state index is 6.42. The van der Waals surface area contributed by atoms with Gasteiger partial charge < -0.3 is 9.47 Å². The van der Waals surface area contributed by atoms with Gasteiger partial charge in [-0.15, -0.1) is 0 Å². The first-order chi connectivity index (χ1) is 9.16. The zero-order chi connectivity index (χ0) is 14.6. The lowest BCUT2D eigenvalue weighted by atomic mass is 9.44. The van der Waals surface area contributed by atoms with Crippen LogP contribution in [0.2, 0.25) is 0 Å². The summed E-state index contributed by atoms with van der Waals surface area (Å²) in [4.78, 5) is 0. The molecule has 4 rings (SSSR count). The van der Waals surface area contributed by atoms with E-state index >= 15 is 0 Å². The maximum atomic E-state index is 6.42. The second kappa shape index (κ2) is 3.46. The smallest absolute Gasteiger partial charge is 0.156 e. The molecule has 2 heteroatoms. The third-order valence-electron chi connectivity index (χ3n) is 8.27. The predicted octanol–water partition coefficient (Wildman–Crippen LogP) is 4.38. The molecule has 3 aliphatic carbocycles. The lowest BCUT2D eigenvalue weighted by molar-refractivity contribution is -0.209. The molecule has 1 aliphatic heterocycles. The van der Waals surface area contributed by atoms with Crippen molar-refractivity contribution >= 4 is 0 Å². The van der Waals surface area contributed by atoms with Crippen molar-refractivity contribution in [3.63, 3.8) is 0 Å². The SMILES string of the molecule is CC1OC2C3CC4CCC(C)(C)C4(C3)C(C)(C)C2(C)O1. The van der Waals surface area contributed by atoms with E-state index in [1.54, 1.807) is 0 Å². The third-order valence-corrected chi connectivity index (χ3v) is 8.27. The molecule has 0 aromatic rings. The molecule has 4 fully saturated rings. The first kappa shape index (κ1) is 13.6. The van der Waals surface area contributed by atoms with Crippen molar-refractivity contribution in [2.45, 2.75) is 85.2 Å². The summed E-state index contributed by atoms with van der Waals surface area (Å²) in [6.07, 6.45) is 5.77. The largest absolute Gasteiger partial charge is 0.346 e. The molecule has 6 unspecified atom stereocenters. The highest BCUT2D eigenvalue weighted by Crippen LogP contribution is 2.78. The van der Waals surface area contributed by atoms with E-state index in [4.69, 9.17) is 9.47 Å². The van der Waals surface area contributed by atoms with Crippen LogP contribution in [0.3, 0.4) is 0 Å². The van der Waals surface area contributed by atoms with Gasteiger partial charge in [-0.2, -0.15) is 0 Å². The van der Waals surface area contributed by atoms with E-state index in [0.717, 1.165) is 5.92 Å². The van der Waals surface area contributed by atoms with Gasteiger partial charge in [0, 0.05) is 5.41 Å². The monoisotopic (exact) mass is 278 g/mol. The fourth-order valence-corrected chi connectivity index (χ4v) is 7.31. The number of ether oxygens (including phenoxy) is 2. The molecule has 0 aromatic carbocycles. The topological polar surface area (TPSA) is 18.5 Å². The molecule has 0 N–H and O–H groups in total. The van der Waals surface area contributed by atoms with Gasteiger partial charge >= 0.3 is 0 Å². The van der Waals surface area contributed by atoms with Crippen LogP contribution in [0.15, 0.2) is 0 Å². The van der Waals surface area contributed by atoms with E-state index in [1.165, 1.54) is 25.7 Å². The van der Waals surface area contributed by atoms with Crippen LogP contribution in [0.25, 0.3) is 0 Å². The summed E-state index contributed by atoms with van der Waals surface area (Å²) in [6, 6.07) is 0. The Labute approximate surface area is 123 Å². The van der Waals surface area contributed by atoms with Gasteiger partial charge in [-0.05, 0) is 62.2 Å². The Balaban J connectivity index is 1.90. The van der Waals surface area contributed by atoms with Crippen LogP contribution in [0.1, 0.15) is 67.2 Å². The quantitative estimate of drug-likeness (QED) is 0.654. The molecule has 3 saturated carbocycles. The zero-order valence-electron chi connectivity index (χ0n) is 14.0. The minimum Gasteiger partial charge on any atom is -0.346 e. The molecule has 6 atom stereocenters. The Morgan fingerprint density at radius 2 is 1.75 bits per heavy atom. The molecule has 1 heterocycles. The first-order valence-electron chi connectivity index (χ1n) is 8.49. The van der Waals surface area contributed by atoms with Crippen LogP contribution in [0.4, 0.5) is 0 Å². The lowest BCUT2D eigenvalue weighted by Gasteiger charge is -2.62. The van der Waals surface area contributed by atoms with Crippen LogP contribution in [0, 0.1) is 28.1 Å².